The minimum absolute atomic E-state index is 0.0100. The number of benzene rings is 1. The van der Waals surface area contributed by atoms with Gasteiger partial charge in [-0.1, -0.05) is 17.7 Å². The van der Waals surface area contributed by atoms with Gasteiger partial charge in [-0.2, -0.15) is 5.10 Å². The molecule has 94 valence electrons. The largest absolute Gasteiger partial charge is 0.476 e. The van der Waals surface area contributed by atoms with E-state index in [0.29, 0.717) is 15.2 Å². The summed E-state index contributed by atoms with van der Waals surface area (Å²) in [4.78, 5) is 11.0. The first-order chi connectivity index (χ1) is 8.41. The number of aromatic carboxylic acids is 1. The highest BCUT2D eigenvalue weighted by atomic mass is 79.9. The van der Waals surface area contributed by atoms with Crippen LogP contribution in [0.5, 0.6) is 0 Å². The summed E-state index contributed by atoms with van der Waals surface area (Å²) in [7, 11) is 0. The molecule has 0 saturated heterocycles. The third kappa shape index (κ3) is 2.15. The van der Waals surface area contributed by atoms with Gasteiger partial charge in [-0.05, 0) is 47.5 Å². The number of carboxylic acid groups (broad SMARTS) is 1. The number of carbonyl (C=O) groups is 1. The molecule has 4 nitrogen and oxygen atoms in total. The molecule has 1 aromatic heterocycles. The lowest BCUT2D eigenvalue weighted by Crippen LogP contribution is -2.02. The normalized spacial score (nSPS) is 10.7. The van der Waals surface area contributed by atoms with Gasteiger partial charge in [0, 0.05) is 5.02 Å². The van der Waals surface area contributed by atoms with E-state index in [-0.39, 0.29) is 5.69 Å². The van der Waals surface area contributed by atoms with E-state index in [1.54, 1.807) is 17.7 Å². The van der Waals surface area contributed by atoms with Crippen LogP contribution in [0.1, 0.15) is 21.7 Å². The Morgan fingerprint density at radius 2 is 2.11 bits per heavy atom. The van der Waals surface area contributed by atoms with Crippen molar-refractivity contribution in [3.8, 4) is 5.69 Å². The maximum Gasteiger partial charge on any atom is 0.357 e. The van der Waals surface area contributed by atoms with Crippen LogP contribution < -0.4 is 0 Å². The Hall–Kier alpha value is -1.33. The van der Waals surface area contributed by atoms with E-state index in [4.69, 9.17) is 16.7 Å². The number of aromatic nitrogens is 2. The van der Waals surface area contributed by atoms with Crippen LogP contribution >= 0.6 is 27.5 Å². The molecule has 0 spiro atoms. The van der Waals surface area contributed by atoms with Crippen LogP contribution in [0.2, 0.25) is 5.02 Å². The maximum absolute atomic E-state index is 11.0. The molecule has 2 aromatic rings. The number of hydrogen-bond acceptors (Lipinski definition) is 2. The van der Waals surface area contributed by atoms with Crippen LogP contribution in [0.25, 0.3) is 5.69 Å². The van der Waals surface area contributed by atoms with Crippen LogP contribution in [0.4, 0.5) is 0 Å². The number of aryl methyl sites for hydroxylation is 1. The van der Waals surface area contributed by atoms with Gasteiger partial charge in [0.1, 0.15) is 0 Å². The first-order valence-corrected chi connectivity index (χ1v) is 6.34. The second-order valence-corrected chi connectivity index (χ2v) is 5.10. The first-order valence-electron chi connectivity index (χ1n) is 5.16. The molecule has 18 heavy (non-hydrogen) atoms. The van der Waals surface area contributed by atoms with Gasteiger partial charge in [0.25, 0.3) is 0 Å². The monoisotopic (exact) mass is 328 g/mol. The summed E-state index contributed by atoms with van der Waals surface area (Å²) in [5.74, 6) is -1.07. The lowest BCUT2D eigenvalue weighted by Gasteiger charge is -2.06. The van der Waals surface area contributed by atoms with Gasteiger partial charge in [0.2, 0.25) is 0 Å². The molecule has 0 radical (unpaired) electrons. The number of carboxylic acids is 1. The van der Waals surface area contributed by atoms with Crippen molar-refractivity contribution in [1.29, 1.82) is 0 Å². The molecule has 0 amide bonds. The van der Waals surface area contributed by atoms with Gasteiger partial charge in [0.05, 0.1) is 15.9 Å². The molecule has 0 aliphatic carbocycles. The van der Waals surface area contributed by atoms with E-state index < -0.39 is 5.97 Å². The van der Waals surface area contributed by atoms with Crippen molar-refractivity contribution in [2.75, 3.05) is 0 Å². The Bertz CT molecular complexity index is 637. The molecule has 0 saturated carbocycles. The summed E-state index contributed by atoms with van der Waals surface area (Å²) >= 11 is 9.29. The first kappa shape index (κ1) is 13.1. The van der Waals surface area contributed by atoms with Gasteiger partial charge in [-0.25, -0.2) is 9.48 Å². The molecule has 1 N–H and O–H groups in total. The summed E-state index contributed by atoms with van der Waals surface area (Å²) in [5, 5.41) is 13.7. The van der Waals surface area contributed by atoms with Crippen LogP contribution in [-0.4, -0.2) is 20.9 Å². The molecular weight excluding hydrogens is 320 g/mol. The standard InChI is InChI=1S/C12H10BrClN2O2/c1-6-3-4-8(5-9(6)14)16-7(2)10(13)11(15-16)12(17)18/h3-5H,1-2H3,(H,17,18). The Kier molecular flexibility index (Phi) is 3.45. The van der Waals surface area contributed by atoms with Gasteiger partial charge < -0.3 is 5.11 Å². The molecule has 0 aliphatic rings. The average molecular weight is 330 g/mol. The highest BCUT2D eigenvalue weighted by Gasteiger charge is 2.19. The molecule has 1 heterocycles. The third-order valence-corrected chi connectivity index (χ3v) is 4.00. The van der Waals surface area contributed by atoms with Crippen LogP contribution in [0.3, 0.4) is 0 Å². The van der Waals surface area contributed by atoms with E-state index in [0.717, 1.165) is 11.3 Å². The lowest BCUT2D eigenvalue weighted by atomic mass is 10.2. The van der Waals surface area contributed by atoms with Crippen molar-refractivity contribution >= 4 is 33.5 Å². The lowest BCUT2D eigenvalue weighted by molar-refractivity contribution is 0.0689. The van der Waals surface area contributed by atoms with E-state index in [9.17, 15) is 4.79 Å². The Balaban J connectivity index is 2.61. The maximum atomic E-state index is 11.0. The summed E-state index contributed by atoms with van der Waals surface area (Å²) in [6.45, 7) is 3.69. The zero-order chi connectivity index (χ0) is 13.4. The summed E-state index contributed by atoms with van der Waals surface area (Å²) in [6, 6.07) is 5.47. The third-order valence-electron chi connectivity index (χ3n) is 2.65. The van der Waals surface area contributed by atoms with Crippen molar-refractivity contribution < 1.29 is 9.90 Å². The number of halogens is 2. The predicted octanol–water partition coefficient (Wildman–Crippen LogP) is 3.60. The average Bonchev–Trinajstić information content (AvgIpc) is 2.60. The Morgan fingerprint density at radius 1 is 1.44 bits per heavy atom. The van der Waals surface area contributed by atoms with Crippen molar-refractivity contribution in [3.63, 3.8) is 0 Å². The van der Waals surface area contributed by atoms with E-state index in [2.05, 4.69) is 21.0 Å². The van der Waals surface area contributed by atoms with Gasteiger partial charge in [-0.15, -0.1) is 0 Å². The molecule has 0 aliphatic heterocycles. The molecule has 0 atom stereocenters. The van der Waals surface area contributed by atoms with Crippen molar-refractivity contribution in [2.24, 2.45) is 0 Å². The Morgan fingerprint density at radius 3 is 2.61 bits per heavy atom. The van der Waals surface area contributed by atoms with Crippen LogP contribution in [0, 0.1) is 13.8 Å². The van der Waals surface area contributed by atoms with Crippen molar-refractivity contribution in [3.05, 3.63) is 44.6 Å². The molecule has 2 rings (SSSR count). The summed E-state index contributed by atoms with van der Waals surface area (Å²) < 4.78 is 2.03. The fourth-order valence-corrected chi connectivity index (χ4v) is 2.18. The number of rotatable bonds is 2. The quantitative estimate of drug-likeness (QED) is 0.916. The minimum atomic E-state index is -1.07. The zero-order valence-electron chi connectivity index (χ0n) is 9.74. The van der Waals surface area contributed by atoms with Crippen LogP contribution in [0.15, 0.2) is 22.7 Å². The molecule has 0 bridgehead atoms. The van der Waals surface area contributed by atoms with Gasteiger partial charge >= 0.3 is 5.97 Å². The topological polar surface area (TPSA) is 55.1 Å². The highest BCUT2D eigenvalue weighted by Crippen LogP contribution is 2.26. The van der Waals surface area contributed by atoms with Crippen molar-refractivity contribution in [1.82, 2.24) is 9.78 Å². The zero-order valence-corrected chi connectivity index (χ0v) is 12.1. The van der Waals surface area contributed by atoms with Gasteiger partial charge in [-0.3, -0.25) is 0 Å². The Labute approximate surface area is 117 Å². The van der Waals surface area contributed by atoms with E-state index in [1.807, 2.05) is 19.1 Å². The highest BCUT2D eigenvalue weighted by molar-refractivity contribution is 9.10. The molecule has 1 aromatic carbocycles. The fourth-order valence-electron chi connectivity index (χ4n) is 1.58. The number of nitrogens with zero attached hydrogens (tertiary/aromatic N) is 2. The minimum Gasteiger partial charge on any atom is -0.476 e. The van der Waals surface area contributed by atoms with E-state index in [1.165, 1.54) is 0 Å². The fraction of sp³-hybridized carbons (Fsp3) is 0.167. The van der Waals surface area contributed by atoms with Crippen molar-refractivity contribution in [2.45, 2.75) is 13.8 Å². The smallest absolute Gasteiger partial charge is 0.357 e. The second kappa shape index (κ2) is 4.74. The van der Waals surface area contributed by atoms with Crippen LogP contribution in [-0.2, 0) is 0 Å². The molecule has 0 unspecified atom stereocenters. The number of hydrogen-bond donors (Lipinski definition) is 1. The summed E-state index contributed by atoms with van der Waals surface area (Å²) in [5.41, 5.74) is 2.40. The van der Waals surface area contributed by atoms with E-state index >= 15 is 0 Å². The summed E-state index contributed by atoms with van der Waals surface area (Å²) in [6.07, 6.45) is 0. The molecule has 0 fully saturated rings. The molecular formula is C12H10BrClN2O2. The van der Waals surface area contributed by atoms with Gasteiger partial charge in [0.15, 0.2) is 5.69 Å². The SMILES string of the molecule is Cc1ccc(-n2nc(C(=O)O)c(Br)c2C)cc1Cl. The second-order valence-electron chi connectivity index (χ2n) is 3.90. The molecule has 6 heteroatoms. The predicted molar refractivity (Wildman–Crippen MR) is 72.7 cm³/mol.